The number of nitrogens with one attached hydrogen (secondary N) is 3. The summed E-state index contributed by atoms with van der Waals surface area (Å²) in [5.41, 5.74) is 7.78. The van der Waals surface area contributed by atoms with E-state index in [1.54, 1.807) is 25.2 Å². The Labute approximate surface area is 110 Å². The lowest BCUT2D eigenvalue weighted by molar-refractivity contribution is 0.0963. The van der Waals surface area contributed by atoms with Crippen LogP contribution in [0.4, 0.5) is 11.4 Å². The molecule has 0 spiro atoms. The van der Waals surface area contributed by atoms with Crippen LogP contribution in [-0.4, -0.2) is 34.7 Å². The van der Waals surface area contributed by atoms with E-state index < -0.39 is 0 Å². The molecule has 0 radical (unpaired) electrons. The van der Waals surface area contributed by atoms with Gasteiger partial charge >= 0.3 is 0 Å². The molecule has 1 aromatic heterocycles. The van der Waals surface area contributed by atoms with Crippen molar-refractivity contribution >= 4 is 17.3 Å². The molecule has 0 aliphatic rings. The molecule has 0 saturated carbocycles. The summed E-state index contributed by atoms with van der Waals surface area (Å²) < 4.78 is 0. The van der Waals surface area contributed by atoms with E-state index in [9.17, 15) is 4.79 Å². The Morgan fingerprint density at radius 2 is 2.32 bits per heavy atom. The van der Waals surface area contributed by atoms with Crippen molar-refractivity contribution in [2.45, 2.75) is 6.42 Å². The molecule has 1 heterocycles. The van der Waals surface area contributed by atoms with Gasteiger partial charge in [-0.1, -0.05) is 0 Å². The fourth-order valence-corrected chi connectivity index (χ4v) is 1.68. The average Bonchev–Trinajstić information content (AvgIpc) is 2.93. The minimum atomic E-state index is -0.153. The van der Waals surface area contributed by atoms with Gasteiger partial charge in [-0.05, 0) is 18.2 Å². The largest absolute Gasteiger partial charge is 0.397 e. The monoisotopic (exact) mass is 260 g/mol. The van der Waals surface area contributed by atoms with E-state index in [1.165, 1.54) is 6.33 Å². The number of aromatic nitrogens is 3. The zero-order valence-corrected chi connectivity index (χ0v) is 10.6. The predicted octanol–water partition coefficient (Wildman–Crippen LogP) is 0.401. The third-order valence-electron chi connectivity index (χ3n) is 2.68. The molecular weight excluding hydrogens is 244 g/mol. The normalized spacial score (nSPS) is 10.2. The van der Waals surface area contributed by atoms with Crippen LogP contribution in [-0.2, 0) is 6.42 Å². The lowest BCUT2D eigenvalue weighted by atomic mass is 10.1. The predicted molar refractivity (Wildman–Crippen MR) is 72.8 cm³/mol. The number of hydrogen-bond donors (Lipinski definition) is 4. The fourth-order valence-electron chi connectivity index (χ4n) is 1.68. The van der Waals surface area contributed by atoms with Crippen molar-refractivity contribution in [1.29, 1.82) is 0 Å². The van der Waals surface area contributed by atoms with Crippen molar-refractivity contribution in [2.75, 3.05) is 24.6 Å². The van der Waals surface area contributed by atoms with Crippen LogP contribution in [0.25, 0.3) is 0 Å². The van der Waals surface area contributed by atoms with Gasteiger partial charge in [-0.15, -0.1) is 0 Å². The van der Waals surface area contributed by atoms with Crippen LogP contribution >= 0.6 is 0 Å². The van der Waals surface area contributed by atoms with E-state index in [4.69, 9.17) is 5.73 Å². The first kappa shape index (κ1) is 12.9. The third-order valence-corrected chi connectivity index (χ3v) is 2.68. The average molecular weight is 260 g/mol. The van der Waals surface area contributed by atoms with E-state index in [0.29, 0.717) is 17.8 Å². The molecule has 1 amide bonds. The summed E-state index contributed by atoms with van der Waals surface area (Å²) in [5.74, 6) is 0.660. The number of nitrogen functional groups attached to an aromatic ring is 1. The molecule has 0 saturated heterocycles. The highest BCUT2D eigenvalue weighted by Crippen LogP contribution is 2.19. The highest BCUT2D eigenvalue weighted by atomic mass is 16.1. The van der Waals surface area contributed by atoms with Crippen LogP contribution in [0, 0.1) is 0 Å². The Balaban J connectivity index is 1.95. The summed E-state index contributed by atoms with van der Waals surface area (Å²) in [7, 11) is 1.59. The number of carbonyl (C=O) groups excluding carboxylic acids is 1. The molecule has 5 N–H and O–H groups in total. The number of nitrogens with two attached hydrogens (primary N) is 1. The molecule has 0 fully saturated rings. The number of hydrogen-bond acceptors (Lipinski definition) is 5. The second kappa shape index (κ2) is 5.85. The first-order chi connectivity index (χ1) is 9.20. The molecule has 19 heavy (non-hydrogen) atoms. The summed E-state index contributed by atoms with van der Waals surface area (Å²) >= 11 is 0. The molecule has 7 nitrogen and oxygen atoms in total. The third kappa shape index (κ3) is 3.21. The zero-order chi connectivity index (χ0) is 13.7. The smallest absolute Gasteiger partial charge is 0.251 e. The molecule has 2 aromatic rings. The topological polar surface area (TPSA) is 109 Å². The maximum Gasteiger partial charge on any atom is 0.251 e. The second-order valence-electron chi connectivity index (χ2n) is 3.99. The van der Waals surface area contributed by atoms with E-state index in [-0.39, 0.29) is 5.91 Å². The van der Waals surface area contributed by atoms with E-state index >= 15 is 0 Å². The Morgan fingerprint density at radius 3 is 2.95 bits per heavy atom. The van der Waals surface area contributed by atoms with Gasteiger partial charge in [0, 0.05) is 25.6 Å². The molecular formula is C12H16N6O. The van der Waals surface area contributed by atoms with Crippen LogP contribution in [0.15, 0.2) is 24.5 Å². The molecule has 100 valence electrons. The molecule has 1 aromatic carbocycles. The number of benzene rings is 1. The lowest BCUT2D eigenvalue weighted by Gasteiger charge is -2.09. The molecule has 0 unspecified atom stereocenters. The number of nitrogens with zero attached hydrogens (tertiary/aromatic N) is 2. The van der Waals surface area contributed by atoms with E-state index in [1.807, 2.05) is 0 Å². The number of amides is 1. The standard InChI is InChI=1S/C12H16N6O/c1-14-12(19)8-2-3-10(9(13)6-8)15-5-4-11-16-7-17-18-11/h2-3,6-7,15H,4-5,13H2,1H3,(H,14,19)(H,16,17,18). The minimum Gasteiger partial charge on any atom is -0.397 e. The van der Waals surface area contributed by atoms with Crippen LogP contribution in [0.1, 0.15) is 16.2 Å². The van der Waals surface area contributed by atoms with E-state index in [0.717, 1.165) is 17.9 Å². The van der Waals surface area contributed by atoms with Crippen molar-refractivity contribution < 1.29 is 4.79 Å². The molecule has 0 aliphatic heterocycles. The minimum absolute atomic E-state index is 0.153. The van der Waals surface area contributed by atoms with Crippen molar-refractivity contribution in [2.24, 2.45) is 0 Å². The Bertz CT molecular complexity index is 551. The highest BCUT2D eigenvalue weighted by Gasteiger charge is 2.06. The first-order valence-electron chi connectivity index (χ1n) is 5.90. The summed E-state index contributed by atoms with van der Waals surface area (Å²) in [4.78, 5) is 15.5. The lowest BCUT2D eigenvalue weighted by Crippen LogP contribution is -2.18. The number of aromatic amines is 1. The van der Waals surface area contributed by atoms with Crippen molar-refractivity contribution in [3.63, 3.8) is 0 Å². The summed E-state index contributed by atoms with van der Waals surface area (Å²) in [6.07, 6.45) is 2.19. The van der Waals surface area contributed by atoms with Gasteiger partial charge in [0.05, 0.1) is 11.4 Å². The second-order valence-corrected chi connectivity index (χ2v) is 3.99. The number of H-pyrrole nitrogens is 1. The summed E-state index contributed by atoms with van der Waals surface area (Å²) in [6, 6.07) is 5.17. The van der Waals surface area contributed by atoms with Crippen molar-refractivity contribution in [3.05, 3.63) is 35.9 Å². The quantitative estimate of drug-likeness (QED) is 0.582. The molecule has 0 aliphatic carbocycles. The van der Waals surface area contributed by atoms with Crippen molar-refractivity contribution in [3.8, 4) is 0 Å². The highest BCUT2D eigenvalue weighted by molar-refractivity contribution is 5.95. The van der Waals surface area contributed by atoms with Gasteiger partial charge in [0.2, 0.25) is 0 Å². The Hall–Kier alpha value is -2.57. The van der Waals surface area contributed by atoms with Crippen LogP contribution in [0.5, 0.6) is 0 Å². The van der Waals surface area contributed by atoms with E-state index in [2.05, 4.69) is 25.8 Å². The Morgan fingerprint density at radius 1 is 1.47 bits per heavy atom. The number of anilines is 2. The van der Waals surface area contributed by atoms with Gasteiger partial charge in [-0.2, -0.15) is 5.10 Å². The molecule has 7 heteroatoms. The van der Waals surface area contributed by atoms with Gasteiger partial charge in [0.15, 0.2) is 0 Å². The maximum atomic E-state index is 11.4. The number of carbonyl (C=O) groups is 1. The van der Waals surface area contributed by atoms with Crippen LogP contribution < -0.4 is 16.4 Å². The number of rotatable bonds is 5. The van der Waals surface area contributed by atoms with Gasteiger partial charge in [0.1, 0.15) is 12.2 Å². The first-order valence-corrected chi connectivity index (χ1v) is 5.90. The maximum absolute atomic E-state index is 11.4. The summed E-state index contributed by atoms with van der Waals surface area (Å²) in [5, 5.41) is 12.3. The van der Waals surface area contributed by atoms with Crippen molar-refractivity contribution in [1.82, 2.24) is 20.5 Å². The fraction of sp³-hybridized carbons (Fsp3) is 0.250. The molecule has 0 atom stereocenters. The molecule has 2 rings (SSSR count). The zero-order valence-electron chi connectivity index (χ0n) is 10.6. The van der Waals surface area contributed by atoms with Gasteiger partial charge in [0.25, 0.3) is 5.91 Å². The van der Waals surface area contributed by atoms with Crippen LogP contribution in [0.3, 0.4) is 0 Å². The Kier molecular flexibility index (Phi) is 3.97. The van der Waals surface area contributed by atoms with Gasteiger partial charge < -0.3 is 16.4 Å². The molecule has 0 bridgehead atoms. The van der Waals surface area contributed by atoms with Crippen LogP contribution in [0.2, 0.25) is 0 Å². The van der Waals surface area contributed by atoms with Gasteiger partial charge in [-0.3, -0.25) is 9.89 Å². The summed E-state index contributed by atoms with van der Waals surface area (Å²) in [6.45, 7) is 0.679. The van der Waals surface area contributed by atoms with Gasteiger partial charge in [-0.25, -0.2) is 4.98 Å². The SMILES string of the molecule is CNC(=O)c1ccc(NCCc2ncn[nH]2)c(N)c1.